The van der Waals surface area contributed by atoms with Crippen LogP contribution in [-0.4, -0.2) is 39.6 Å². The molecule has 0 amide bonds. The lowest BCUT2D eigenvalue weighted by Gasteiger charge is -2.06. The number of hydrogen-bond donors (Lipinski definition) is 0. The highest BCUT2D eigenvalue weighted by Crippen LogP contribution is 1.98. The van der Waals surface area contributed by atoms with Gasteiger partial charge in [0.25, 0.3) is 0 Å². The predicted molar refractivity (Wildman–Crippen MR) is 71.2 cm³/mol. The fraction of sp³-hybridized carbons (Fsp3) is 0.929. The summed E-state index contributed by atoms with van der Waals surface area (Å²) in [5.74, 6) is 0. The van der Waals surface area contributed by atoms with E-state index in [0.717, 1.165) is 26.1 Å². The van der Waals surface area contributed by atoms with Crippen LogP contribution in [0.15, 0.2) is 0 Å². The molecule has 0 atom stereocenters. The zero-order valence-corrected chi connectivity index (χ0v) is 11.4. The Morgan fingerprint density at radius 2 is 1.18 bits per heavy atom. The average Bonchev–Trinajstić information content (AvgIpc) is 2.35. The zero-order chi connectivity index (χ0) is 12.6. The van der Waals surface area contributed by atoms with Crippen LogP contribution in [0.3, 0.4) is 0 Å². The summed E-state index contributed by atoms with van der Waals surface area (Å²) in [5, 5.41) is 0. The maximum Gasteiger partial charge on any atom is 0.0701 e. The van der Waals surface area contributed by atoms with E-state index in [0.29, 0.717) is 26.4 Å². The predicted octanol–water partition coefficient (Wildman–Crippen LogP) is 3.23. The summed E-state index contributed by atoms with van der Waals surface area (Å²) in [6.07, 6.45) is 6.99. The highest BCUT2D eigenvalue weighted by molar-refractivity contribution is 4.41. The molecular formula is C14H29O3. The topological polar surface area (TPSA) is 27.7 Å². The molecule has 3 heteroatoms. The number of rotatable bonds is 14. The Labute approximate surface area is 107 Å². The van der Waals surface area contributed by atoms with Crippen molar-refractivity contribution in [1.29, 1.82) is 0 Å². The molecule has 0 heterocycles. The molecule has 1 radical (unpaired) electrons. The van der Waals surface area contributed by atoms with E-state index in [-0.39, 0.29) is 0 Å². The Bertz CT molecular complexity index is 115. The van der Waals surface area contributed by atoms with E-state index in [1.807, 2.05) is 0 Å². The smallest absolute Gasteiger partial charge is 0.0701 e. The molecule has 0 aromatic rings. The summed E-state index contributed by atoms with van der Waals surface area (Å²) in [5.41, 5.74) is 0. The first kappa shape index (κ1) is 16.9. The van der Waals surface area contributed by atoms with Crippen LogP contribution in [0.25, 0.3) is 0 Å². The number of hydrogen-bond acceptors (Lipinski definition) is 3. The van der Waals surface area contributed by atoms with Crippen molar-refractivity contribution in [2.45, 2.75) is 45.4 Å². The van der Waals surface area contributed by atoms with Crippen molar-refractivity contribution in [2.75, 3.05) is 39.6 Å². The van der Waals surface area contributed by atoms with E-state index in [1.54, 1.807) is 0 Å². The van der Waals surface area contributed by atoms with Crippen LogP contribution in [-0.2, 0) is 14.2 Å². The van der Waals surface area contributed by atoms with Crippen LogP contribution >= 0.6 is 0 Å². The molecule has 0 aliphatic heterocycles. The molecule has 0 aliphatic carbocycles. The Kier molecular flexibility index (Phi) is 15.8. The third-order valence-electron chi connectivity index (χ3n) is 2.42. The summed E-state index contributed by atoms with van der Waals surface area (Å²) in [6.45, 7) is 10.3. The maximum absolute atomic E-state index is 5.45. The van der Waals surface area contributed by atoms with Gasteiger partial charge in [0, 0.05) is 13.2 Å². The van der Waals surface area contributed by atoms with Gasteiger partial charge in [-0.1, -0.05) is 39.5 Å². The van der Waals surface area contributed by atoms with Crippen molar-refractivity contribution >= 4 is 0 Å². The van der Waals surface area contributed by atoms with Gasteiger partial charge in [0.2, 0.25) is 0 Å². The van der Waals surface area contributed by atoms with Gasteiger partial charge in [-0.05, 0) is 12.8 Å². The lowest BCUT2D eigenvalue weighted by molar-refractivity contribution is 0.0136. The lowest BCUT2D eigenvalue weighted by Crippen LogP contribution is -2.10. The average molecular weight is 245 g/mol. The third-order valence-corrected chi connectivity index (χ3v) is 2.42. The summed E-state index contributed by atoms with van der Waals surface area (Å²) in [4.78, 5) is 0. The lowest BCUT2D eigenvalue weighted by atomic mass is 10.2. The van der Waals surface area contributed by atoms with Crippen molar-refractivity contribution in [3.63, 3.8) is 0 Å². The van der Waals surface area contributed by atoms with Crippen LogP contribution in [0.2, 0.25) is 0 Å². The fourth-order valence-electron chi connectivity index (χ4n) is 1.38. The molecule has 0 spiro atoms. The van der Waals surface area contributed by atoms with Crippen molar-refractivity contribution < 1.29 is 14.2 Å². The molecule has 0 aromatic heterocycles. The molecule has 3 nitrogen and oxygen atoms in total. The Balaban J connectivity index is 2.85. The molecule has 0 saturated heterocycles. The Morgan fingerprint density at radius 1 is 0.647 bits per heavy atom. The van der Waals surface area contributed by atoms with E-state index in [2.05, 4.69) is 13.8 Å². The summed E-state index contributed by atoms with van der Waals surface area (Å²) < 4.78 is 16.2. The van der Waals surface area contributed by atoms with E-state index in [9.17, 15) is 0 Å². The molecular weight excluding hydrogens is 216 g/mol. The Hall–Kier alpha value is -0.120. The third kappa shape index (κ3) is 15.9. The summed E-state index contributed by atoms with van der Waals surface area (Å²) >= 11 is 0. The first-order valence-electron chi connectivity index (χ1n) is 6.94. The summed E-state index contributed by atoms with van der Waals surface area (Å²) in [7, 11) is 0. The second-order valence-corrected chi connectivity index (χ2v) is 4.10. The van der Waals surface area contributed by atoms with E-state index in [4.69, 9.17) is 14.2 Å². The SMILES string of the molecule is [CH2]CCCOCCOCCOCCCCCC. The number of ether oxygens (including phenoxy) is 3. The standard InChI is InChI=1S/C14H29O3/c1-3-5-7-8-10-16-12-14-17-13-11-15-9-6-4-2/h2-14H2,1H3. The van der Waals surface area contributed by atoms with Crippen LogP contribution in [0.4, 0.5) is 0 Å². The van der Waals surface area contributed by atoms with E-state index < -0.39 is 0 Å². The first-order valence-corrected chi connectivity index (χ1v) is 6.94. The van der Waals surface area contributed by atoms with Gasteiger partial charge in [0.1, 0.15) is 0 Å². The van der Waals surface area contributed by atoms with Crippen LogP contribution in [0.5, 0.6) is 0 Å². The quantitative estimate of drug-likeness (QED) is 0.440. The molecule has 0 saturated carbocycles. The van der Waals surface area contributed by atoms with Crippen molar-refractivity contribution in [3.05, 3.63) is 6.92 Å². The van der Waals surface area contributed by atoms with Crippen LogP contribution < -0.4 is 0 Å². The Morgan fingerprint density at radius 3 is 1.71 bits per heavy atom. The molecule has 0 aliphatic rings. The molecule has 0 N–H and O–H groups in total. The van der Waals surface area contributed by atoms with E-state index >= 15 is 0 Å². The minimum Gasteiger partial charge on any atom is -0.379 e. The monoisotopic (exact) mass is 245 g/mol. The maximum atomic E-state index is 5.45. The molecule has 0 unspecified atom stereocenters. The van der Waals surface area contributed by atoms with Gasteiger partial charge in [-0.15, -0.1) is 0 Å². The molecule has 0 rings (SSSR count). The summed E-state index contributed by atoms with van der Waals surface area (Å²) in [6, 6.07) is 0. The van der Waals surface area contributed by atoms with Crippen molar-refractivity contribution in [1.82, 2.24) is 0 Å². The second kappa shape index (κ2) is 15.9. The van der Waals surface area contributed by atoms with E-state index in [1.165, 1.54) is 25.7 Å². The normalized spacial score (nSPS) is 10.9. The van der Waals surface area contributed by atoms with Gasteiger partial charge >= 0.3 is 0 Å². The van der Waals surface area contributed by atoms with Gasteiger partial charge in [0.05, 0.1) is 26.4 Å². The highest BCUT2D eigenvalue weighted by atomic mass is 16.5. The largest absolute Gasteiger partial charge is 0.379 e. The van der Waals surface area contributed by atoms with Gasteiger partial charge in [-0.2, -0.15) is 0 Å². The molecule has 0 bridgehead atoms. The molecule has 0 aromatic carbocycles. The van der Waals surface area contributed by atoms with Crippen molar-refractivity contribution in [2.24, 2.45) is 0 Å². The van der Waals surface area contributed by atoms with Gasteiger partial charge in [0.15, 0.2) is 0 Å². The van der Waals surface area contributed by atoms with Crippen molar-refractivity contribution in [3.8, 4) is 0 Å². The molecule has 0 fully saturated rings. The molecule has 17 heavy (non-hydrogen) atoms. The molecule has 103 valence electrons. The first-order chi connectivity index (χ1) is 8.41. The second-order valence-electron chi connectivity index (χ2n) is 4.10. The van der Waals surface area contributed by atoms with Crippen LogP contribution in [0, 0.1) is 6.92 Å². The number of unbranched alkanes of at least 4 members (excludes halogenated alkanes) is 4. The van der Waals surface area contributed by atoms with Gasteiger partial charge in [-0.3, -0.25) is 0 Å². The highest BCUT2D eigenvalue weighted by Gasteiger charge is 1.92. The van der Waals surface area contributed by atoms with Gasteiger partial charge < -0.3 is 14.2 Å². The van der Waals surface area contributed by atoms with Crippen LogP contribution in [0.1, 0.15) is 45.4 Å². The minimum atomic E-state index is 0.663. The minimum absolute atomic E-state index is 0.663. The fourth-order valence-corrected chi connectivity index (χ4v) is 1.38. The zero-order valence-electron chi connectivity index (χ0n) is 11.4. The van der Waals surface area contributed by atoms with Gasteiger partial charge in [-0.25, -0.2) is 0 Å².